The van der Waals surface area contributed by atoms with Crippen LogP contribution in [0.3, 0.4) is 0 Å². The largest absolute Gasteiger partial charge is 0.351 e. The molecular weight excluding hydrogens is 317 g/mol. The smallest absolute Gasteiger partial charge is 0.237 e. The highest BCUT2D eigenvalue weighted by molar-refractivity contribution is 5.81. The van der Waals surface area contributed by atoms with Crippen molar-refractivity contribution < 1.29 is 9.18 Å². The zero-order chi connectivity index (χ0) is 17.6. The third kappa shape index (κ3) is 5.02. The third-order valence-electron chi connectivity index (χ3n) is 5.69. The standard InChI is InChI=1S/C20H30FN3O/c1-15(20(25)22-14-16-6-2-5-9-19(16)21)24-12-10-18(11-13-24)23-17-7-3-4-8-17/h2,5-6,9,15,17-18,23H,3-4,7-8,10-14H2,1H3,(H,22,25)/t15-/m0/s1. The van der Waals surface area contributed by atoms with Crippen molar-refractivity contribution in [3.05, 3.63) is 35.6 Å². The highest BCUT2D eigenvalue weighted by Crippen LogP contribution is 2.21. The molecule has 0 spiro atoms. The minimum atomic E-state index is -0.269. The van der Waals surface area contributed by atoms with E-state index in [1.807, 2.05) is 6.92 Å². The van der Waals surface area contributed by atoms with Gasteiger partial charge in [0.25, 0.3) is 0 Å². The molecule has 1 amide bonds. The lowest BCUT2D eigenvalue weighted by molar-refractivity contribution is -0.126. The van der Waals surface area contributed by atoms with Crippen molar-refractivity contribution in [1.29, 1.82) is 0 Å². The molecule has 0 radical (unpaired) electrons. The number of carbonyl (C=O) groups is 1. The van der Waals surface area contributed by atoms with Gasteiger partial charge in [0, 0.05) is 37.3 Å². The molecular formula is C20H30FN3O. The number of halogens is 1. The van der Waals surface area contributed by atoms with Crippen LogP contribution in [0.15, 0.2) is 24.3 Å². The minimum Gasteiger partial charge on any atom is -0.351 e. The van der Waals surface area contributed by atoms with Gasteiger partial charge >= 0.3 is 0 Å². The number of nitrogens with one attached hydrogen (secondary N) is 2. The summed E-state index contributed by atoms with van der Waals surface area (Å²) in [6.07, 6.45) is 7.54. The predicted octanol–water partition coefficient (Wildman–Crippen LogP) is 2.83. The summed E-state index contributed by atoms with van der Waals surface area (Å²) in [5, 5.41) is 6.66. The van der Waals surface area contributed by atoms with E-state index >= 15 is 0 Å². The van der Waals surface area contributed by atoms with E-state index in [4.69, 9.17) is 0 Å². The Morgan fingerprint density at radius 2 is 1.80 bits per heavy atom. The van der Waals surface area contributed by atoms with Crippen LogP contribution in [0.25, 0.3) is 0 Å². The second-order valence-electron chi connectivity index (χ2n) is 7.44. The molecule has 0 bridgehead atoms. The van der Waals surface area contributed by atoms with E-state index in [-0.39, 0.29) is 24.3 Å². The molecule has 1 atom stereocenters. The lowest BCUT2D eigenvalue weighted by Gasteiger charge is -2.36. The number of piperidine rings is 1. The third-order valence-corrected chi connectivity index (χ3v) is 5.69. The van der Waals surface area contributed by atoms with Crippen molar-refractivity contribution in [1.82, 2.24) is 15.5 Å². The Balaban J connectivity index is 1.41. The Morgan fingerprint density at radius 1 is 1.16 bits per heavy atom. The average molecular weight is 347 g/mol. The number of hydrogen-bond acceptors (Lipinski definition) is 3. The monoisotopic (exact) mass is 347 g/mol. The van der Waals surface area contributed by atoms with Gasteiger partial charge < -0.3 is 10.6 Å². The molecule has 25 heavy (non-hydrogen) atoms. The SMILES string of the molecule is C[C@@H](C(=O)NCc1ccccc1F)N1CCC(NC2CCCC2)CC1. The first-order valence-electron chi connectivity index (χ1n) is 9.64. The molecule has 1 aromatic rings. The van der Waals surface area contributed by atoms with Gasteiger partial charge in [-0.1, -0.05) is 31.0 Å². The van der Waals surface area contributed by atoms with E-state index in [2.05, 4.69) is 15.5 Å². The van der Waals surface area contributed by atoms with Gasteiger partial charge in [0.15, 0.2) is 0 Å². The molecule has 5 heteroatoms. The fourth-order valence-electron chi connectivity index (χ4n) is 4.02. The van der Waals surface area contributed by atoms with Gasteiger partial charge in [-0.05, 0) is 38.7 Å². The van der Waals surface area contributed by atoms with Crippen molar-refractivity contribution >= 4 is 5.91 Å². The summed E-state index contributed by atoms with van der Waals surface area (Å²) < 4.78 is 13.6. The second kappa shape index (κ2) is 8.77. The first kappa shape index (κ1) is 18.3. The maximum atomic E-state index is 13.6. The minimum absolute atomic E-state index is 0.0227. The van der Waals surface area contributed by atoms with Crippen molar-refractivity contribution in [2.24, 2.45) is 0 Å². The van der Waals surface area contributed by atoms with Crippen LogP contribution in [0, 0.1) is 5.82 Å². The molecule has 1 saturated heterocycles. The molecule has 1 heterocycles. The Kier molecular flexibility index (Phi) is 6.43. The molecule has 1 aromatic carbocycles. The summed E-state index contributed by atoms with van der Waals surface area (Å²) in [6.45, 7) is 4.08. The van der Waals surface area contributed by atoms with Crippen molar-refractivity contribution in [2.45, 2.75) is 70.1 Å². The van der Waals surface area contributed by atoms with Gasteiger partial charge in [-0.2, -0.15) is 0 Å². The van der Waals surface area contributed by atoms with Crippen LogP contribution in [0.2, 0.25) is 0 Å². The number of rotatable bonds is 6. The molecule has 1 saturated carbocycles. The van der Waals surface area contributed by atoms with E-state index in [9.17, 15) is 9.18 Å². The summed E-state index contributed by atoms with van der Waals surface area (Å²) in [4.78, 5) is 14.6. The van der Waals surface area contributed by atoms with Gasteiger partial charge in [-0.15, -0.1) is 0 Å². The summed E-state index contributed by atoms with van der Waals surface area (Å²) in [5.74, 6) is -0.292. The molecule has 0 aromatic heterocycles. The maximum absolute atomic E-state index is 13.6. The Morgan fingerprint density at radius 3 is 2.48 bits per heavy atom. The van der Waals surface area contributed by atoms with Crippen molar-refractivity contribution in [3.8, 4) is 0 Å². The van der Waals surface area contributed by atoms with E-state index in [1.54, 1.807) is 18.2 Å². The normalized spacial score (nSPS) is 21.4. The molecule has 1 aliphatic heterocycles. The molecule has 2 fully saturated rings. The first-order chi connectivity index (χ1) is 12.1. The highest BCUT2D eigenvalue weighted by Gasteiger charge is 2.28. The summed E-state index contributed by atoms with van der Waals surface area (Å²) in [7, 11) is 0. The van der Waals surface area contributed by atoms with E-state index in [0.717, 1.165) is 25.9 Å². The fourth-order valence-corrected chi connectivity index (χ4v) is 4.02. The van der Waals surface area contributed by atoms with Crippen LogP contribution in [0.1, 0.15) is 51.0 Å². The van der Waals surface area contributed by atoms with Crippen LogP contribution in [-0.4, -0.2) is 42.0 Å². The lowest BCUT2D eigenvalue weighted by atomic mass is 10.0. The number of benzene rings is 1. The molecule has 2 aliphatic rings. The van der Waals surface area contributed by atoms with Gasteiger partial charge in [0.2, 0.25) is 5.91 Å². The fraction of sp³-hybridized carbons (Fsp3) is 0.650. The molecule has 1 aliphatic carbocycles. The maximum Gasteiger partial charge on any atom is 0.237 e. The number of nitrogens with zero attached hydrogens (tertiary/aromatic N) is 1. The number of hydrogen-bond donors (Lipinski definition) is 2. The summed E-state index contributed by atoms with van der Waals surface area (Å²) >= 11 is 0. The second-order valence-corrected chi connectivity index (χ2v) is 7.44. The van der Waals surface area contributed by atoms with Crippen LogP contribution in [0.4, 0.5) is 4.39 Å². The average Bonchev–Trinajstić information content (AvgIpc) is 3.14. The zero-order valence-corrected chi connectivity index (χ0v) is 15.1. The number of amides is 1. The summed E-state index contributed by atoms with van der Waals surface area (Å²) in [6, 6.07) is 7.71. The number of carbonyl (C=O) groups excluding carboxylic acids is 1. The molecule has 0 unspecified atom stereocenters. The topological polar surface area (TPSA) is 44.4 Å². The molecule has 2 N–H and O–H groups in total. The Hall–Kier alpha value is -1.46. The molecule has 138 valence electrons. The van der Waals surface area contributed by atoms with Crippen molar-refractivity contribution in [2.75, 3.05) is 13.1 Å². The van der Waals surface area contributed by atoms with E-state index < -0.39 is 0 Å². The van der Waals surface area contributed by atoms with Gasteiger partial charge in [0.1, 0.15) is 5.82 Å². The van der Waals surface area contributed by atoms with Gasteiger partial charge in [-0.25, -0.2) is 4.39 Å². The van der Waals surface area contributed by atoms with Crippen molar-refractivity contribution in [3.63, 3.8) is 0 Å². The molecule has 4 nitrogen and oxygen atoms in total. The lowest BCUT2D eigenvalue weighted by Crippen LogP contribution is -2.51. The predicted molar refractivity (Wildman–Crippen MR) is 97.7 cm³/mol. The highest BCUT2D eigenvalue weighted by atomic mass is 19.1. The quantitative estimate of drug-likeness (QED) is 0.832. The van der Waals surface area contributed by atoms with Gasteiger partial charge in [0.05, 0.1) is 6.04 Å². The Labute approximate surface area is 150 Å². The van der Waals surface area contributed by atoms with Crippen LogP contribution < -0.4 is 10.6 Å². The first-order valence-corrected chi connectivity index (χ1v) is 9.64. The molecule has 3 rings (SSSR count). The van der Waals surface area contributed by atoms with Crippen LogP contribution in [-0.2, 0) is 11.3 Å². The van der Waals surface area contributed by atoms with Gasteiger partial charge in [-0.3, -0.25) is 9.69 Å². The zero-order valence-electron chi connectivity index (χ0n) is 15.1. The van der Waals surface area contributed by atoms with Crippen LogP contribution >= 0.6 is 0 Å². The summed E-state index contributed by atoms with van der Waals surface area (Å²) in [5.41, 5.74) is 0.530. The Bertz CT molecular complexity index is 566. The van der Waals surface area contributed by atoms with Crippen LogP contribution in [0.5, 0.6) is 0 Å². The van der Waals surface area contributed by atoms with E-state index in [1.165, 1.54) is 31.7 Å². The van der Waals surface area contributed by atoms with E-state index in [0.29, 0.717) is 17.6 Å². The number of likely N-dealkylation sites (tertiary alicyclic amines) is 1.